The lowest BCUT2D eigenvalue weighted by atomic mass is 9.77. The average Bonchev–Trinajstić information content (AvgIpc) is 3.19. The Labute approximate surface area is 229 Å². The van der Waals surface area contributed by atoms with Gasteiger partial charge in [-0.1, -0.05) is 31.0 Å². The molecule has 8 heteroatoms. The lowest BCUT2D eigenvalue weighted by Gasteiger charge is -2.34. The van der Waals surface area contributed by atoms with E-state index in [2.05, 4.69) is 27.9 Å². The standard InChI is InChI=1S/C30H39N3O4S/c1-18-16-26(38-4)24(29(36)32-18)17-31-30(37)28-20(3)33(25-10-6-5-9-23(25)28)19(2)22-14-12-21(13-15-22)8-7-11-27(34)35/h5-6,9-10,16,19,21-22,24H,7-8,11-15,17H2,1-4H3,(H,31,37)(H,34,35)/t19-,21?,22?,24?/m1/s1. The fourth-order valence-electron chi connectivity index (χ4n) is 6.30. The third-order valence-corrected chi connectivity index (χ3v) is 9.22. The number of rotatable bonds is 10. The van der Waals surface area contributed by atoms with E-state index in [1.165, 1.54) is 11.8 Å². The van der Waals surface area contributed by atoms with E-state index in [0.29, 0.717) is 23.1 Å². The molecule has 2 N–H and O–H groups in total. The van der Waals surface area contributed by atoms with Crippen molar-refractivity contribution in [3.05, 3.63) is 46.5 Å². The van der Waals surface area contributed by atoms with Gasteiger partial charge in [-0.3, -0.25) is 14.4 Å². The van der Waals surface area contributed by atoms with Gasteiger partial charge in [0.2, 0.25) is 0 Å². The van der Waals surface area contributed by atoms with Crippen LogP contribution in [0.2, 0.25) is 0 Å². The number of aliphatic carboxylic acids is 1. The molecular weight excluding hydrogens is 498 g/mol. The summed E-state index contributed by atoms with van der Waals surface area (Å²) in [6.07, 6.45) is 10.3. The molecule has 2 aromatic rings. The number of carbonyl (C=O) groups excluding carboxylic acids is 2. The van der Waals surface area contributed by atoms with Gasteiger partial charge < -0.3 is 15.0 Å². The number of para-hydroxylation sites is 1. The van der Waals surface area contributed by atoms with Gasteiger partial charge in [0, 0.05) is 46.2 Å². The third kappa shape index (κ3) is 6.06. The van der Waals surface area contributed by atoms with Crippen LogP contribution in [0.4, 0.5) is 0 Å². The first-order chi connectivity index (χ1) is 18.2. The molecular formula is C30H39N3O4S. The van der Waals surface area contributed by atoms with E-state index < -0.39 is 11.9 Å². The van der Waals surface area contributed by atoms with E-state index in [0.717, 1.165) is 60.0 Å². The lowest BCUT2D eigenvalue weighted by molar-refractivity contribution is -0.137. The highest BCUT2D eigenvalue weighted by molar-refractivity contribution is 8.02. The van der Waals surface area contributed by atoms with Crippen LogP contribution in [0.3, 0.4) is 0 Å². The zero-order valence-electron chi connectivity index (χ0n) is 22.8. The summed E-state index contributed by atoms with van der Waals surface area (Å²) in [7, 11) is 0. The number of allylic oxidation sites excluding steroid dienone is 1. The topological polar surface area (TPSA) is 101 Å². The normalized spacial score (nSPS) is 22.6. The molecule has 1 aliphatic carbocycles. The molecule has 204 valence electrons. The summed E-state index contributed by atoms with van der Waals surface area (Å²) in [6, 6.07) is 8.32. The molecule has 1 aliphatic heterocycles. The second-order valence-corrected chi connectivity index (χ2v) is 11.6. The number of hydrogen-bond donors (Lipinski definition) is 2. The van der Waals surface area contributed by atoms with E-state index in [1.807, 2.05) is 44.4 Å². The Bertz CT molecular complexity index is 1270. The largest absolute Gasteiger partial charge is 0.481 e. The van der Waals surface area contributed by atoms with Crippen LogP contribution in [0.15, 0.2) is 40.2 Å². The maximum Gasteiger partial charge on any atom is 0.303 e. The quantitative estimate of drug-likeness (QED) is 0.378. The van der Waals surface area contributed by atoms with Gasteiger partial charge in [-0.05, 0) is 76.7 Å². The predicted molar refractivity (Wildman–Crippen MR) is 154 cm³/mol. The molecule has 1 aromatic heterocycles. The summed E-state index contributed by atoms with van der Waals surface area (Å²) in [5.74, 6) is -0.413. The van der Waals surface area contributed by atoms with Crippen LogP contribution < -0.4 is 5.32 Å². The van der Waals surface area contributed by atoms with E-state index in [4.69, 9.17) is 5.11 Å². The third-order valence-electron chi connectivity index (χ3n) is 8.35. The summed E-state index contributed by atoms with van der Waals surface area (Å²) in [5.41, 5.74) is 3.38. The molecule has 2 aliphatic rings. The molecule has 1 aromatic carbocycles. The maximum absolute atomic E-state index is 13.6. The second-order valence-electron chi connectivity index (χ2n) is 10.8. The van der Waals surface area contributed by atoms with Gasteiger partial charge in [0.1, 0.15) is 0 Å². The maximum atomic E-state index is 13.6. The number of thioether (sulfide) groups is 1. The fraction of sp³-hybridized carbons (Fsp3) is 0.533. The number of nitrogens with one attached hydrogen (secondary N) is 1. The average molecular weight is 538 g/mol. The van der Waals surface area contributed by atoms with E-state index >= 15 is 0 Å². The Hall–Kier alpha value is -2.87. The van der Waals surface area contributed by atoms with Gasteiger partial charge in [-0.15, -0.1) is 11.8 Å². The predicted octanol–water partition coefficient (Wildman–Crippen LogP) is 6.17. The molecule has 1 fully saturated rings. The number of nitrogens with zero attached hydrogens (tertiary/aromatic N) is 2. The first-order valence-corrected chi connectivity index (χ1v) is 14.9. The van der Waals surface area contributed by atoms with Gasteiger partial charge in [-0.2, -0.15) is 0 Å². The molecule has 2 heterocycles. The van der Waals surface area contributed by atoms with Crippen LogP contribution in [0.25, 0.3) is 10.9 Å². The molecule has 4 rings (SSSR count). The number of benzene rings is 1. The van der Waals surface area contributed by atoms with E-state index in [1.54, 1.807) is 0 Å². The summed E-state index contributed by atoms with van der Waals surface area (Å²) in [5, 5.41) is 12.9. The van der Waals surface area contributed by atoms with Crippen LogP contribution in [-0.2, 0) is 9.59 Å². The molecule has 2 atom stereocenters. The fourth-order valence-corrected chi connectivity index (χ4v) is 7.06. The van der Waals surface area contributed by atoms with E-state index in [-0.39, 0.29) is 30.8 Å². The zero-order chi connectivity index (χ0) is 27.4. The number of aliphatic imine (C=N–C) groups is 1. The van der Waals surface area contributed by atoms with Crippen LogP contribution in [0, 0.1) is 24.7 Å². The van der Waals surface area contributed by atoms with Crippen molar-refractivity contribution < 1.29 is 19.5 Å². The Kier molecular flexibility index (Phi) is 9.13. The lowest BCUT2D eigenvalue weighted by Crippen LogP contribution is -2.35. The van der Waals surface area contributed by atoms with Crippen LogP contribution >= 0.6 is 11.8 Å². The van der Waals surface area contributed by atoms with Crippen molar-refractivity contribution in [3.63, 3.8) is 0 Å². The molecule has 7 nitrogen and oxygen atoms in total. The number of carbonyl (C=O) groups is 3. The Balaban J connectivity index is 1.49. The molecule has 0 bridgehead atoms. The van der Waals surface area contributed by atoms with Gasteiger partial charge in [0.25, 0.3) is 11.8 Å². The summed E-state index contributed by atoms with van der Waals surface area (Å²) in [4.78, 5) is 42.0. The minimum absolute atomic E-state index is 0.161. The van der Waals surface area contributed by atoms with Crippen molar-refractivity contribution in [1.82, 2.24) is 9.88 Å². The molecule has 0 radical (unpaired) electrons. The second kappa shape index (κ2) is 12.3. The minimum Gasteiger partial charge on any atom is -0.481 e. The first kappa shape index (κ1) is 28.1. The van der Waals surface area contributed by atoms with Crippen molar-refractivity contribution in [2.24, 2.45) is 22.7 Å². The van der Waals surface area contributed by atoms with E-state index in [9.17, 15) is 14.4 Å². The summed E-state index contributed by atoms with van der Waals surface area (Å²) >= 11 is 1.52. The van der Waals surface area contributed by atoms with Gasteiger partial charge in [0.15, 0.2) is 0 Å². The highest BCUT2D eigenvalue weighted by atomic mass is 32.2. The van der Waals surface area contributed by atoms with Crippen molar-refractivity contribution >= 4 is 46.2 Å². The van der Waals surface area contributed by atoms with Gasteiger partial charge in [0.05, 0.1) is 11.5 Å². The molecule has 0 spiro atoms. The number of hydrogen-bond acceptors (Lipinski definition) is 4. The van der Waals surface area contributed by atoms with Crippen molar-refractivity contribution in [3.8, 4) is 0 Å². The van der Waals surface area contributed by atoms with Crippen LogP contribution in [0.1, 0.15) is 80.9 Å². The highest BCUT2D eigenvalue weighted by Gasteiger charge is 2.31. The summed E-state index contributed by atoms with van der Waals surface area (Å²) in [6.45, 7) is 6.32. The number of carboxylic acids is 1. The smallest absolute Gasteiger partial charge is 0.303 e. The Morgan fingerprint density at radius 2 is 1.89 bits per heavy atom. The highest BCUT2D eigenvalue weighted by Crippen LogP contribution is 2.40. The zero-order valence-corrected chi connectivity index (χ0v) is 23.6. The van der Waals surface area contributed by atoms with Crippen molar-refractivity contribution in [2.45, 2.75) is 71.8 Å². The van der Waals surface area contributed by atoms with Crippen molar-refractivity contribution in [1.29, 1.82) is 0 Å². The van der Waals surface area contributed by atoms with Crippen molar-refractivity contribution in [2.75, 3.05) is 12.8 Å². The number of dihydropyridines is 1. The SMILES string of the molecule is CSC1=CC(C)=NC(=O)C1CNC(=O)c1c(C)n([C@H](C)C2CCC(CCCC(=O)O)CC2)c2ccccc12. The Morgan fingerprint density at radius 1 is 1.18 bits per heavy atom. The number of fused-ring (bicyclic) bond motifs is 1. The minimum atomic E-state index is -0.711. The van der Waals surface area contributed by atoms with Crippen LogP contribution in [0.5, 0.6) is 0 Å². The van der Waals surface area contributed by atoms with Gasteiger partial charge in [-0.25, -0.2) is 4.99 Å². The number of amides is 2. The van der Waals surface area contributed by atoms with Gasteiger partial charge >= 0.3 is 5.97 Å². The Morgan fingerprint density at radius 3 is 2.58 bits per heavy atom. The molecule has 38 heavy (non-hydrogen) atoms. The molecule has 2 amide bonds. The number of aromatic nitrogens is 1. The monoisotopic (exact) mass is 537 g/mol. The first-order valence-electron chi connectivity index (χ1n) is 13.7. The van der Waals surface area contributed by atoms with Crippen LogP contribution in [-0.4, -0.2) is 46.0 Å². The molecule has 1 unspecified atom stereocenters. The summed E-state index contributed by atoms with van der Waals surface area (Å²) < 4.78 is 2.33. The molecule has 0 saturated heterocycles. The molecule has 1 saturated carbocycles. The number of carboxylic acid groups (broad SMARTS) is 1.